The van der Waals surface area contributed by atoms with E-state index in [0.29, 0.717) is 5.92 Å². The summed E-state index contributed by atoms with van der Waals surface area (Å²) in [4.78, 5) is 0. The van der Waals surface area contributed by atoms with Gasteiger partial charge in [0.25, 0.3) is 0 Å². The summed E-state index contributed by atoms with van der Waals surface area (Å²) in [7, 11) is 0. The Morgan fingerprint density at radius 1 is 1.07 bits per heavy atom. The van der Waals surface area contributed by atoms with Crippen LogP contribution in [0.3, 0.4) is 0 Å². The van der Waals surface area contributed by atoms with Gasteiger partial charge < -0.3 is 0 Å². The molecular formula is C13H19F. The lowest BCUT2D eigenvalue weighted by atomic mass is 9.88. The normalized spacial score (nSPS) is 15.1. The van der Waals surface area contributed by atoms with Crippen molar-refractivity contribution in [1.82, 2.24) is 0 Å². The van der Waals surface area contributed by atoms with Gasteiger partial charge in [0.2, 0.25) is 0 Å². The fraction of sp³-hybridized carbons (Fsp3) is 0.538. The Hall–Kier alpha value is -0.850. The second-order valence-corrected chi connectivity index (χ2v) is 4.19. The molecule has 0 bridgehead atoms. The van der Waals surface area contributed by atoms with E-state index in [4.69, 9.17) is 0 Å². The molecule has 0 N–H and O–H groups in total. The van der Waals surface area contributed by atoms with E-state index in [1.807, 2.05) is 12.1 Å². The van der Waals surface area contributed by atoms with Crippen LogP contribution in [-0.2, 0) is 6.42 Å². The average molecular weight is 194 g/mol. The molecule has 0 saturated carbocycles. The van der Waals surface area contributed by atoms with Gasteiger partial charge in [-0.3, -0.25) is 0 Å². The minimum atomic E-state index is -0.148. The maximum atomic E-state index is 12.6. The van der Waals surface area contributed by atoms with E-state index in [0.717, 1.165) is 12.3 Å². The molecule has 2 atom stereocenters. The van der Waals surface area contributed by atoms with Crippen molar-refractivity contribution in [3.63, 3.8) is 0 Å². The molecule has 0 heterocycles. The maximum Gasteiger partial charge on any atom is 0.123 e. The lowest BCUT2D eigenvalue weighted by Crippen LogP contribution is -2.09. The monoisotopic (exact) mass is 194 g/mol. The van der Waals surface area contributed by atoms with Gasteiger partial charge in [-0.2, -0.15) is 0 Å². The van der Waals surface area contributed by atoms with Gasteiger partial charge in [-0.05, 0) is 36.0 Å². The molecular weight excluding hydrogens is 175 g/mol. The van der Waals surface area contributed by atoms with E-state index < -0.39 is 0 Å². The Labute approximate surface area is 86.2 Å². The molecule has 0 aliphatic heterocycles. The zero-order valence-electron chi connectivity index (χ0n) is 9.26. The van der Waals surface area contributed by atoms with Crippen molar-refractivity contribution in [2.24, 2.45) is 11.8 Å². The van der Waals surface area contributed by atoms with Crippen LogP contribution in [0.1, 0.15) is 32.8 Å². The third-order valence-corrected chi connectivity index (χ3v) is 3.09. The van der Waals surface area contributed by atoms with E-state index in [2.05, 4.69) is 20.8 Å². The summed E-state index contributed by atoms with van der Waals surface area (Å²) in [5, 5.41) is 0. The molecule has 0 nitrogen and oxygen atoms in total. The van der Waals surface area contributed by atoms with Crippen LogP contribution in [0.4, 0.5) is 4.39 Å². The van der Waals surface area contributed by atoms with Crippen LogP contribution >= 0.6 is 0 Å². The van der Waals surface area contributed by atoms with Crippen molar-refractivity contribution in [3.05, 3.63) is 35.6 Å². The van der Waals surface area contributed by atoms with Crippen molar-refractivity contribution in [3.8, 4) is 0 Å². The predicted octanol–water partition coefficient (Wildman–Crippen LogP) is 4.05. The summed E-state index contributed by atoms with van der Waals surface area (Å²) < 4.78 is 12.6. The zero-order chi connectivity index (χ0) is 10.6. The first kappa shape index (κ1) is 11.2. The first-order chi connectivity index (χ1) is 6.63. The van der Waals surface area contributed by atoms with Gasteiger partial charge in [-0.1, -0.05) is 39.3 Å². The van der Waals surface area contributed by atoms with Crippen molar-refractivity contribution < 1.29 is 4.39 Å². The van der Waals surface area contributed by atoms with E-state index in [1.54, 1.807) is 12.1 Å². The van der Waals surface area contributed by atoms with Gasteiger partial charge in [0.15, 0.2) is 0 Å². The van der Waals surface area contributed by atoms with E-state index in [9.17, 15) is 4.39 Å². The largest absolute Gasteiger partial charge is 0.207 e. The maximum absolute atomic E-state index is 12.6. The molecule has 14 heavy (non-hydrogen) atoms. The molecule has 1 rings (SSSR count). The molecule has 2 unspecified atom stereocenters. The summed E-state index contributed by atoms with van der Waals surface area (Å²) in [6.07, 6.45) is 2.26. The summed E-state index contributed by atoms with van der Waals surface area (Å²) in [5.41, 5.74) is 1.24. The van der Waals surface area contributed by atoms with Crippen LogP contribution in [0, 0.1) is 17.7 Å². The standard InChI is InChI=1S/C13H19F/c1-4-10(2)11(3)9-12-5-7-13(14)8-6-12/h5-8,10-11H,4,9H2,1-3H3. The van der Waals surface area contributed by atoms with E-state index in [1.165, 1.54) is 12.0 Å². The Morgan fingerprint density at radius 3 is 2.14 bits per heavy atom. The molecule has 1 heteroatoms. The van der Waals surface area contributed by atoms with Crippen molar-refractivity contribution >= 4 is 0 Å². The van der Waals surface area contributed by atoms with Crippen LogP contribution < -0.4 is 0 Å². The van der Waals surface area contributed by atoms with Crippen LogP contribution in [0.15, 0.2) is 24.3 Å². The number of halogens is 1. The Balaban J connectivity index is 2.56. The Kier molecular flexibility index (Phi) is 4.12. The molecule has 0 aliphatic rings. The lowest BCUT2D eigenvalue weighted by molar-refractivity contribution is 0.375. The molecule has 0 fully saturated rings. The Morgan fingerprint density at radius 2 is 1.64 bits per heavy atom. The molecule has 1 aromatic rings. The van der Waals surface area contributed by atoms with Gasteiger partial charge in [0, 0.05) is 0 Å². The molecule has 0 amide bonds. The van der Waals surface area contributed by atoms with Gasteiger partial charge in [-0.25, -0.2) is 4.39 Å². The second kappa shape index (κ2) is 5.14. The topological polar surface area (TPSA) is 0 Å². The first-order valence-electron chi connectivity index (χ1n) is 5.38. The summed E-state index contributed by atoms with van der Waals surface area (Å²) in [6.45, 7) is 6.75. The van der Waals surface area contributed by atoms with E-state index in [-0.39, 0.29) is 5.82 Å². The van der Waals surface area contributed by atoms with Crippen LogP contribution in [0.5, 0.6) is 0 Å². The van der Waals surface area contributed by atoms with Gasteiger partial charge in [0.1, 0.15) is 5.82 Å². The third kappa shape index (κ3) is 3.13. The SMILES string of the molecule is CCC(C)C(C)Cc1ccc(F)cc1. The number of rotatable bonds is 4. The minimum absolute atomic E-state index is 0.148. The van der Waals surface area contributed by atoms with Crippen molar-refractivity contribution in [2.45, 2.75) is 33.6 Å². The quantitative estimate of drug-likeness (QED) is 0.678. The molecule has 0 spiro atoms. The highest BCUT2D eigenvalue weighted by molar-refractivity contribution is 5.16. The fourth-order valence-electron chi connectivity index (χ4n) is 1.60. The zero-order valence-corrected chi connectivity index (χ0v) is 9.26. The minimum Gasteiger partial charge on any atom is -0.207 e. The summed E-state index contributed by atoms with van der Waals surface area (Å²) in [6, 6.07) is 6.85. The molecule has 0 radical (unpaired) electrons. The highest BCUT2D eigenvalue weighted by atomic mass is 19.1. The number of hydrogen-bond donors (Lipinski definition) is 0. The molecule has 1 aromatic carbocycles. The van der Waals surface area contributed by atoms with E-state index >= 15 is 0 Å². The lowest BCUT2D eigenvalue weighted by Gasteiger charge is -2.18. The van der Waals surface area contributed by atoms with Crippen molar-refractivity contribution in [2.75, 3.05) is 0 Å². The highest BCUT2D eigenvalue weighted by Gasteiger charge is 2.10. The van der Waals surface area contributed by atoms with Gasteiger partial charge in [0.05, 0.1) is 0 Å². The smallest absolute Gasteiger partial charge is 0.123 e. The predicted molar refractivity (Wildman–Crippen MR) is 58.7 cm³/mol. The molecule has 78 valence electrons. The first-order valence-corrected chi connectivity index (χ1v) is 5.38. The average Bonchev–Trinajstić information content (AvgIpc) is 2.20. The molecule has 0 aromatic heterocycles. The summed E-state index contributed by atoms with van der Waals surface area (Å²) >= 11 is 0. The summed E-state index contributed by atoms with van der Waals surface area (Å²) in [5.74, 6) is 1.26. The van der Waals surface area contributed by atoms with Crippen molar-refractivity contribution in [1.29, 1.82) is 0 Å². The Bertz CT molecular complexity index is 263. The van der Waals surface area contributed by atoms with Crippen LogP contribution in [0.25, 0.3) is 0 Å². The van der Waals surface area contributed by atoms with Gasteiger partial charge >= 0.3 is 0 Å². The second-order valence-electron chi connectivity index (χ2n) is 4.19. The molecule has 0 aliphatic carbocycles. The highest BCUT2D eigenvalue weighted by Crippen LogP contribution is 2.19. The third-order valence-electron chi connectivity index (χ3n) is 3.09. The van der Waals surface area contributed by atoms with Gasteiger partial charge in [-0.15, -0.1) is 0 Å². The number of benzene rings is 1. The van der Waals surface area contributed by atoms with Crippen LogP contribution in [0.2, 0.25) is 0 Å². The van der Waals surface area contributed by atoms with Crippen LogP contribution in [-0.4, -0.2) is 0 Å². The molecule has 0 saturated heterocycles. The number of hydrogen-bond acceptors (Lipinski definition) is 0. The fourth-order valence-corrected chi connectivity index (χ4v) is 1.60.